The second-order valence-electron chi connectivity index (χ2n) is 5.52. The summed E-state index contributed by atoms with van der Waals surface area (Å²) in [6.45, 7) is 5.94. The number of anilines is 1. The molecule has 0 bridgehead atoms. The third-order valence-corrected chi connectivity index (χ3v) is 4.95. The van der Waals surface area contributed by atoms with Gasteiger partial charge in [-0.15, -0.1) is 0 Å². The third-order valence-electron chi connectivity index (χ3n) is 4.07. The summed E-state index contributed by atoms with van der Waals surface area (Å²) in [5.74, 6) is -0.244. The van der Waals surface area contributed by atoms with Crippen molar-refractivity contribution in [3.63, 3.8) is 0 Å². The summed E-state index contributed by atoms with van der Waals surface area (Å²) in [5.41, 5.74) is 2.68. The standard InChI is InChI=1S/C17H19FN2O3S/c1-3-20(4-2)15-7-5-12(6-8-15)16-10-14(18)9-13-11-19-24(21,22)23-17(13)16/h5-10,19H,3-4,11H2,1-2H3. The van der Waals surface area contributed by atoms with Crippen molar-refractivity contribution >= 4 is 16.0 Å². The van der Waals surface area contributed by atoms with Gasteiger partial charge in [-0.25, -0.2) is 4.39 Å². The minimum Gasteiger partial charge on any atom is -0.372 e. The number of nitrogens with zero attached hydrogens (tertiary/aromatic N) is 1. The number of rotatable bonds is 4. The summed E-state index contributed by atoms with van der Waals surface area (Å²) < 4.78 is 44.5. The van der Waals surface area contributed by atoms with Crippen LogP contribution in [-0.2, 0) is 16.8 Å². The van der Waals surface area contributed by atoms with Gasteiger partial charge in [0.1, 0.15) is 5.82 Å². The van der Waals surface area contributed by atoms with E-state index < -0.39 is 16.1 Å². The van der Waals surface area contributed by atoms with Crippen LogP contribution in [0.3, 0.4) is 0 Å². The van der Waals surface area contributed by atoms with Gasteiger partial charge < -0.3 is 9.08 Å². The highest BCUT2D eigenvalue weighted by molar-refractivity contribution is 7.85. The maximum atomic E-state index is 13.9. The number of fused-ring (bicyclic) bond motifs is 1. The first-order valence-electron chi connectivity index (χ1n) is 7.80. The van der Waals surface area contributed by atoms with Gasteiger partial charge in [0.15, 0.2) is 5.75 Å². The van der Waals surface area contributed by atoms with Crippen molar-refractivity contribution in [2.45, 2.75) is 20.4 Å². The van der Waals surface area contributed by atoms with Gasteiger partial charge in [-0.05, 0) is 43.7 Å². The maximum absolute atomic E-state index is 13.9. The predicted molar refractivity (Wildman–Crippen MR) is 91.8 cm³/mol. The monoisotopic (exact) mass is 350 g/mol. The lowest BCUT2D eigenvalue weighted by Gasteiger charge is -2.22. The van der Waals surface area contributed by atoms with Gasteiger partial charge in [-0.2, -0.15) is 13.1 Å². The molecule has 0 saturated heterocycles. The average molecular weight is 350 g/mol. The largest absolute Gasteiger partial charge is 0.382 e. The average Bonchev–Trinajstić information content (AvgIpc) is 2.56. The van der Waals surface area contributed by atoms with Crippen LogP contribution in [0.1, 0.15) is 19.4 Å². The minimum absolute atomic E-state index is 0.0138. The molecule has 0 radical (unpaired) electrons. The van der Waals surface area contributed by atoms with Crippen molar-refractivity contribution in [2.24, 2.45) is 0 Å². The molecule has 0 fully saturated rings. The minimum atomic E-state index is -3.85. The van der Waals surface area contributed by atoms with E-state index in [0.717, 1.165) is 18.8 Å². The Morgan fingerprint density at radius 2 is 1.83 bits per heavy atom. The summed E-state index contributed by atoms with van der Waals surface area (Å²) in [7, 11) is -3.85. The molecule has 0 saturated carbocycles. The Kier molecular flexibility index (Phi) is 4.47. The molecule has 2 aromatic carbocycles. The van der Waals surface area contributed by atoms with Crippen molar-refractivity contribution < 1.29 is 17.0 Å². The quantitative estimate of drug-likeness (QED) is 0.921. The molecule has 2 aromatic rings. The first-order valence-corrected chi connectivity index (χ1v) is 9.21. The number of hydrogen-bond donors (Lipinski definition) is 1. The fourth-order valence-corrected chi connectivity index (χ4v) is 3.65. The zero-order chi connectivity index (χ0) is 17.3. The van der Waals surface area contributed by atoms with E-state index >= 15 is 0 Å². The highest BCUT2D eigenvalue weighted by Gasteiger charge is 2.26. The van der Waals surface area contributed by atoms with E-state index in [0.29, 0.717) is 16.7 Å². The second kappa shape index (κ2) is 6.41. The molecule has 128 valence electrons. The van der Waals surface area contributed by atoms with E-state index in [1.54, 1.807) is 0 Å². The summed E-state index contributed by atoms with van der Waals surface area (Å²) in [6.07, 6.45) is 0. The van der Waals surface area contributed by atoms with Crippen LogP contribution in [0.4, 0.5) is 10.1 Å². The molecule has 7 heteroatoms. The van der Waals surface area contributed by atoms with Gasteiger partial charge >= 0.3 is 10.3 Å². The topological polar surface area (TPSA) is 58.6 Å². The lowest BCUT2D eigenvalue weighted by atomic mass is 10.0. The fourth-order valence-electron chi connectivity index (χ4n) is 2.84. The van der Waals surface area contributed by atoms with Gasteiger partial charge in [0, 0.05) is 36.4 Å². The first-order chi connectivity index (χ1) is 11.4. The van der Waals surface area contributed by atoms with Crippen molar-refractivity contribution in [2.75, 3.05) is 18.0 Å². The third kappa shape index (κ3) is 3.22. The normalized spacial score (nSPS) is 15.5. The van der Waals surface area contributed by atoms with Crippen LogP contribution < -0.4 is 13.8 Å². The van der Waals surface area contributed by atoms with Gasteiger partial charge in [0.2, 0.25) is 0 Å². The fraction of sp³-hybridized carbons (Fsp3) is 0.294. The molecule has 0 aliphatic carbocycles. The van der Waals surface area contributed by atoms with Gasteiger partial charge in [-0.1, -0.05) is 12.1 Å². The van der Waals surface area contributed by atoms with E-state index in [9.17, 15) is 12.8 Å². The molecule has 0 atom stereocenters. The molecule has 0 amide bonds. The summed E-state index contributed by atoms with van der Waals surface area (Å²) >= 11 is 0. The molecule has 1 N–H and O–H groups in total. The first kappa shape index (κ1) is 16.7. The molecule has 3 rings (SSSR count). The smallest absolute Gasteiger partial charge is 0.372 e. The van der Waals surface area contributed by atoms with Crippen LogP contribution in [-0.4, -0.2) is 21.5 Å². The Morgan fingerprint density at radius 3 is 2.46 bits per heavy atom. The summed E-state index contributed by atoms with van der Waals surface area (Å²) in [4.78, 5) is 2.19. The number of halogens is 1. The van der Waals surface area contributed by atoms with E-state index in [4.69, 9.17) is 4.18 Å². The lowest BCUT2D eigenvalue weighted by Crippen LogP contribution is -2.32. The van der Waals surface area contributed by atoms with E-state index in [1.165, 1.54) is 12.1 Å². The number of nitrogens with one attached hydrogen (secondary N) is 1. The van der Waals surface area contributed by atoms with E-state index in [2.05, 4.69) is 23.5 Å². The van der Waals surface area contributed by atoms with Crippen molar-refractivity contribution in [3.05, 3.63) is 47.8 Å². The summed E-state index contributed by atoms with van der Waals surface area (Å²) in [6, 6.07) is 10.2. The number of hydrogen-bond acceptors (Lipinski definition) is 4. The molecule has 1 aliphatic rings. The van der Waals surface area contributed by atoms with E-state index in [-0.39, 0.29) is 12.3 Å². The van der Waals surface area contributed by atoms with Crippen molar-refractivity contribution in [1.82, 2.24) is 4.72 Å². The zero-order valence-electron chi connectivity index (χ0n) is 13.5. The number of benzene rings is 2. The summed E-state index contributed by atoms with van der Waals surface area (Å²) in [5, 5.41) is 0. The molecule has 5 nitrogen and oxygen atoms in total. The van der Waals surface area contributed by atoms with Gasteiger partial charge in [0.25, 0.3) is 0 Å². The van der Waals surface area contributed by atoms with Crippen molar-refractivity contribution in [3.8, 4) is 16.9 Å². The highest BCUT2D eigenvalue weighted by Crippen LogP contribution is 2.37. The molecule has 1 heterocycles. The Labute approximate surface area is 141 Å². The Balaban J connectivity index is 2.05. The van der Waals surface area contributed by atoms with Crippen LogP contribution >= 0.6 is 0 Å². The van der Waals surface area contributed by atoms with Crippen molar-refractivity contribution in [1.29, 1.82) is 0 Å². The Morgan fingerprint density at radius 1 is 1.17 bits per heavy atom. The second-order valence-corrected chi connectivity index (χ2v) is 6.88. The van der Waals surface area contributed by atoms with Crippen LogP contribution in [0.25, 0.3) is 11.1 Å². The molecular weight excluding hydrogens is 331 g/mol. The lowest BCUT2D eigenvalue weighted by molar-refractivity contribution is 0.452. The van der Waals surface area contributed by atoms with Gasteiger partial charge in [-0.3, -0.25) is 0 Å². The highest BCUT2D eigenvalue weighted by atomic mass is 32.2. The predicted octanol–water partition coefficient (Wildman–Crippen LogP) is 3.07. The molecule has 0 aromatic heterocycles. The van der Waals surface area contributed by atoms with Crippen LogP contribution in [0, 0.1) is 5.82 Å². The van der Waals surface area contributed by atoms with Gasteiger partial charge in [0.05, 0.1) is 0 Å². The van der Waals surface area contributed by atoms with Crippen LogP contribution in [0.2, 0.25) is 0 Å². The Bertz CT molecular complexity index is 847. The Hall–Kier alpha value is -2.12. The molecule has 0 unspecified atom stereocenters. The molecule has 24 heavy (non-hydrogen) atoms. The molecular formula is C17H19FN2O3S. The molecule has 1 aliphatic heterocycles. The zero-order valence-corrected chi connectivity index (χ0v) is 14.4. The van der Waals surface area contributed by atoms with E-state index in [1.807, 2.05) is 24.3 Å². The van der Waals surface area contributed by atoms with Crippen LogP contribution in [0.5, 0.6) is 5.75 Å². The van der Waals surface area contributed by atoms with Crippen LogP contribution in [0.15, 0.2) is 36.4 Å². The maximum Gasteiger partial charge on any atom is 0.382 e. The SMILES string of the molecule is CCN(CC)c1ccc(-c2cc(F)cc3c2OS(=O)(=O)NC3)cc1. The molecule has 0 spiro atoms.